The van der Waals surface area contributed by atoms with Crippen LogP contribution in [-0.2, 0) is 6.54 Å². The van der Waals surface area contributed by atoms with Crippen LogP contribution in [0.2, 0.25) is 0 Å². The highest BCUT2D eigenvalue weighted by molar-refractivity contribution is 8.00. The van der Waals surface area contributed by atoms with Gasteiger partial charge in [-0.2, -0.15) is 0 Å². The van der Waals surface area contributed by atoms with Crippen LogP contribution in [0.1, 0.15) is 17.0 Å². The Morgan fingerprint density at radius 3 is 2.68 bits per heavy atom. The van der Waals surface area contributed by atoms with E-state index in [1.165, 1.54) is 26.7 Å². The minimum absolute atomic E-state index is 0.623. The van der Waals surface area contributed by atoms with Gasteiger partial charge in [0.2, 0.25) is 0 Å². The molecule has 2 aromatic rings. The predicted molar refractivity (Wildman–Crippen MR) is 85.0 cm³/mol. The summed E-state index contributed by atoms with van der Waals surface area (Å²) in [7, 11) is 0. The highest BCUT2D eigenvalue weighted by Gasteiger charge is 2.22. The average Bonchev–Trinajstić information content (AvgIpc) is 2.89. The molecule has 0 bridgehead atoms. The molecule has 2 aromatic carbocycles. The quantitative estimate of drug-likeness (QED) is 0.856. The molecule has 1 aliphatic rings. The molecular formula is C16H17NS2. The predicted octanol–water partition coefficient (Wildman–Crippen LogP) is 4.13. The molecule has 98 valence electrons. The molecule has 0 amide bonds. The van der Waals surface area contributed by atoms with Crippen molar-refractivity contribution in [2.24, 2.45) is 5.73 Å². The number of rotatable bonds is 4. The van der Waals surface area contributed by atoms with E-state index in [2.05, 4.69) is 48.5 Å². The zero-order valence-electron chi connectivity index (χ0n) is 10.7. The van der Waals surface area contributed by atoms with Gasteiger partial charge >= 0.3 is 0 Å². The third kappa shape index (κ3) is 2.99. The van der Waals surface area contributed by atoms with Gasteiger partial charge < -0.3 is 5.73 Å². The molecule has 0 spiro atoms. The minimum Gasteiger partial charge on any atom is -0.326 e. The lowest BCUT2D eigenvalue weighted by Crippen LogP contribution is -2.00. The van der Waals surface area contributed by atoms with Crippen LogP contribution in [0.25, 0.3) is 0 Å². The minimum atomic E-state index is 0.623. The second-order valence-electron chi connectivity index (χ2n) is 4.70. The SMILES string of the molecule is NCc1ccc(SCC2CSc3ccccc32)cc1. The number of nitrogens with two attached hydrogens (primary N) is 1. The van der Waals surface area contributed by atoms with Crippen molar-refractivity contribution < 1.29 is 0 Å². The van der Waals surface area contributed by atoms with E-state index in [4.69, 9.17) is 5.73 Å². The third-order valence-electron chi connectivity index (χ3n) is 3.41. The van der Waals surface area contributed by atoms with Crippen LogP contribution < -0.4 is 5.73 Å². The van der Waals surface area contributed by atoms with Crippen molar-refractivity contribution in [1.82, 2.24) is 0 Å². The van der Waals surface area contributed by atoms with Crippen LogP contribution in [0, 0.1) is 0 Å². The molecule has 1 nitrogen and oxygen atoms in total. The Bertz CT molecular complexity index is 551. The van der Waals surface area contributed by atoms with Crippen molar-refractivity contribution in [1.29, 1.82) is 0 Å². The Balaban J connectivity index is 1.64. The third-order valence-corrected chi connectivity index (χ3v) is 5.84. The van der Waals surface area contributed by atoms with E-state index < -0.39 is 0 Å². The normalized spacial score (nSPS) is 17.4. The van der Waals surface area contributed by atoms with Gasteiger partial charge in [-0.25, -0.2) is 0 Å². The Labute approximate surface area is 123 Å². The molecule has 0 saturated carbocycles. The maximum atomic E-state index is 5.62. The molecule has 1 heterocycles. The lowest BCUT2D eigenvalue weighted by atomic mass is 10.0. The molecule has 1 unspecified atom stereocenters. The van der Waals surface area contributed by atoms with Crippen molar-refractivity contribution >= 4 is 23.5 Å². The van der Waals surface area contributed by atoms with E-state index in [1.807, 2.05) is 23.5 Å². The van der Waals surface area contributed by atoms with Crippen LogP contribution >= 0.6 is 23.5 Å². The Morgan fingerprint density at radius 1 is 1.11 bits per heavy atom. The Kier molecular flexibility index (Phi) is 4.16. The molecule has 1 aliphatic heterocycles. The summed E-state index contributed by atoms with van der Waals surface area (Å²) < 4.78 is 0. The number of benzene rings is 2. The summed E-state index contributed by atoms with van der Waals surface area (Å²) in [6, 6.07) is 17.4. The average molecular weight is 287 g/mol. The monoisotopic (exact) mass is 287 g/mol. The summed E-state index contributed by atoms with van der Waals surface area (Å²) in [5.41, 5.74) is 8.34. The van der Waals surface area contributed by atoms with Crippen molar-refractivity contribution in [3.05, 3.63) is 59.7 Å². The largest absolute Gasteiger partial charge is 0.326 e. The Morgan fingerprint density at radius 2 is 1.89 bits per heavy atom. The molecule has 2 N–H and O–H groups in total. The lowest BCUT2D eigenvalue weighted by Gasteiger charge is -2.10. The highest BCUT2D eigenvalue weighted by atomic mass is 32.2. The first-order valence-electron chi connectivity index (χ1n) is 6.50. The maximum Gasteiger partial charge on any atom is 0.0178 e. The molecular weight excluding hydrogens is 270 g/mol. The van der Waals surface area contributed by atoms with E-state index in [9.17, 15) is 0 Å². The second-order valence-corrected chi connectivity index (χ2v) is 6.86. The van der Waals surface area contributed by atoms with Crippen LogP contribution in [0.15, 0.2) is 58.3 Å². The van der Waals surface area contributed by atoms with E-state index in [0.29, 0.717) is 12.5 Å². The van der Waals surface area contributed by atoms with Gasteiger partial charge in [0.25, 0.3) is 0 Å². The number of hydrogen-bond acceptors (Lipinski definition) is 3. The van der Waals surface area contributed by atoms with Gasteiger partial charge in [0.1, 0.15) is 0 Å². The molecule has 0 aromatic heterocycles. The van der Waals surface area contributed by atoms with E-state index in [0.717, 1.165) is 5.75 Å². The summed E-state index contributed by atoms with van der Waals surface area (Å²) >= 11 is 3.93. The van der Waals surface area contributed by atoms with Gasteiger partial charge in [-0.3, -0.25) is 0 Å². The summed E-state index contributed by atoms with van der Waals surface area (Å²) in [4.78, 5) is 2.80. The molecule has 19 heavy (non-hydrogen) atoms. The van der Waals surface area contributed by atoms with Crippen LogP contribution in [0.4, 0.5) is 0 Å². The summed E-state index contributed by atoms with van der Waals surface area (Å²) in [5, 5.41) is 0. The van der Waals surface area contributed by atoms with E-state index >= 15 is 0 Å². The highest BCUT2D eigenvalue weighted by Crippen LogP contribution is 2.41. The second kappa shape index (κ2) is 6.04. The van der Waals surface area contributed by atoms with Crippen molar-refractivity contribution in [3.8, 4) is 0 Å². The Hall–Kier alpha value is -0.900. The van der Waals surface area contributed by atoms with Crippen molar-refractivity contribution in [3.63, 3.8) is 0 Å². The zero-order valence-corrected chi connectivity index (χ0v) is 12.3. The molecule has 0 radical (unpaired) electrons. The molecule has 3 heteroatoms. The van der Waals surface area contributed by atoms with Crippen LogP contribution in [0.3, 0.4) is 0 Å². The number of hydrogen-bond donors (Lipinski definition) is 1. The van der Waals surface area contributed by atoms with Crippen molar-refractivity contribution in [2.45, 2.75) is 22.3 Å². The van der Waals surface area contributed by atoms with Crippen LogP contribution in [0.5, 0.6) is 0 Å². The summed E-state index contributed by atoms with van der Waals surface area (Å²) in [5.74, 6) is 3.06. The standard InChI is InChI=1S/C16H17NS2/c17-9-12-5-7-14(8-6-12)18-10-13-11-19-16-4-2-1-3-15(13)16/h1-8,13H,9-11,17H2. The molecule has 1 atom stereocenters. The molecule has 0 saturated heterocycles. The first-order valence-corrected chi connectivity index (χ1v) is 8.47. The van der Waals surface area contributed by atoms with E-state index in [-0.39, 0.29) is 0 Å². The number of thioether (sulfide) groups is 2. The first kappa shape index (κ1) is 13.1. The van der Waals surface area contributed by atoms with Gasteiger partial charge in [-0.1, -0.05) is 30.3 Å². The van der Waals surface area contributed by atoms with Crippen molar-refractivity contribution in [2.75, 3.05) is 11.5 Å². The fourth-order valence-corrected chi connectivity index (χ4v) is 4.71. The fourth-order valence-electron chi connectivity index (χ4n) is 2.29. The molecule has 0 fully saturated rings. The summed E-state index contributed by atoms with van der Waals surface area (Å²) in [6.45, 7) is 0.623. The van der Waals surface area contributed by atoms with Gasteiger partial charge in [-0.15, -0.1) is 23.5 Å². The lowest BCUT2D eigenvalue weighted by molar-refractivity contribution is 0.896. The smallest absolute Gasteiger partial charge is 0.0178 e. The fraction of sp³-hybridized carbons (Fsp3) is 0.250. The molecule has 3 rings (SSSR count). The van der Waals surface area contributed by atoms with Gasteiger partial charge in [0.05, 0.1) is 0 Å². The zero-order chi connectivity index (χ0) is 13.1. The topological polar surface area (TPSA) is 26.0 Å². The van der Waals surface area contributed by atoms with Gasteiger partial charge in [0.15, 0.2) is 0 Å². The summed E-state index contributed by atoms with van der Waals surface area (Å²) in [6.07, 6.45) is 0. The number of fused-ring (bicyclic) bond motifs is 1. The van der Waals surface area contributed by atoms with Crippen LogP contribution in [-0.4, -0.2) is 11.5 Å². The van der Waals surface area contributed by atoms with Gasteiger partial charge in [0, 0.05) is 33.8 Å². The first-order chi connectivity index (χ1) is 9.36. The maximum absolute atomic E-state index is 5.62. The van der Waals surface area contributed by atoms with Gasteiger partial charge in [-0.05, 0) is 29.3 Å². The van der Waals surface area contributed by atoms with E-state index in [1.54, 1.807) is 0 Å². The molecule has 0 aliphatic carbocycles.